The van der Waals surface area contributed by atoms with Gasteiger partial charge in [0.05, 0.1) is 18.7 Å². The van der Waals surface area contributed by atoms with Crippen molar-refractivity contribution < 1.29 is 9.90 Å². The lowest BCUT2D eigenvalue weighted by Crippen LogP contribution is -2.50. The maximum absolute atomic E-state index is 12.2. The summed E-state index contributed by atoms with van der Waals surface area (Å²) in [6.45, 7) is 7.70. The van der Waals surface area contributed by atoms with Gasteiger partial charge in [0.1, 0.15) is 5.54 Å². The highest BCUT2D eigenvalue weighted by atomic mass is 16.3. The number of amides is 1. The molecule has 0 aromatic heterocycles. The summed E-state index contributed by atoms with van der Waals surface area (Å²) in [5, 5.41) is 21.7. The normalized spacial score (nSPS) is 23.5. The van der Waals surface area contributed by atoms with E-state index in [0.29, 0.717) is 18.4 Å². The van der Waals surface area contributed by atoms with Gasteiger partial charge in [0.15, 0.2) is 0 Å². The Bertz CT molecular complexity index is 464. The molecule has 6 nitrogen and oxygen atoms in total. The molecule has 0 radical (unpaired) electrons. The molecule has 24 heavy (non-hydrogen) atoms. The third-order valence-electron chi connectivity index (χ3n) is 5.24. The molecule has 1 aliphatic carbocycles. The lowest BCUT2D eigenvalue weighted by molar-refractivity contribution is -0.123. The standard InChI is InChI=1S/C18H32N4O2/c1-14(23)10-22-8-6-15(7-9-22)11-21(3)12-17(24)20-18(2,13-19)16-4-5-16/h14-16,23H,4-12H2,1-3H3,(H,20,24). The van der Waals surface area contributed by atoms with Crippen LogP contribution in [-0.4, -0.2) is 72.2 Å². The van der Waals surface area contributed by atoms with E-state index in [4.69, 9.17) is 0 Å². The van der Waals surface area contributed by atoms with E-state index in [-0.39, 0.29) is 12.0 Å². The fraction of sp³-hybridized carbons (Fsp3) is 0.889. The number of nitrogens with one attached hydrogen (secondary N) is 1. The number of hydrogen-bond acceptors (Lipinski definition) is 5. The predicted octanol–water partition coefficient (Wildman–Crippen LogP) is 0.819. The molecular weight excluding hydrogens is 304 g/mol. The highest BCUT2D eigenvalue weighted by Gasteiger charge is 2.43. The number of piperidine rings is 1. The average Bonchev–Trinajstić information content (AvgIpc) is 3.33. The van der Waals surface area contributed by atoms with Crippen molar-refractivity contribution in [2.45, 2.75) is 51.2 Å². The number of nitriles is 1. The maximum atomic E-state index is 12.2. The van der Waals surface area contributed by atoms with Gasteiger partial charge in [-0.1, -0.05) is 0 Å². The molecule has 0 aromatic carbocycles. The molecule has 1 aliphatic heterocycles. The Balaban J connectivity index is 1.69. The molecule has 0 aromatic rings. The third-order valence-corrected chi connectivity index (χ3v) is 5.24. The summed E-state index contributed by atoms with van der Waals surface area (Å²) in [6, 6.07) is 2.27. The van der Waals surface area contributed by atoms with Crippen LogP contribution in [0.25, 0.3) is 0 Å². The molecule has 1 amide bonds. The van der Waals surface area contributed by atoms with Crippen LogP contribution in [0.4, 0.5) is 0 Å². The molecule has 0 spiro atoms. The highest BCUT2D eigenvalue weighted by molar-refractivity contribution is 5.79. The first-order valence-electron chi connectivity index (χ1n) is 9.13. The second-order valence-electron chi connectivity index (χ2n) is 7.93. The first-order valence-corrected chi connectivity index (χ1v) is 9.13. The van der Waals surface area contributed by atoms with Crippen molar-refractivity contribution in [3.05, 3.63) is 0 Å². The van der Waals surface area contributed by atoms with Crippen LogP contribution in [0.2, 0.25) is 0 Å². The van der Waals surface area contributed by atoms with Gasteiger partial charge in [-0.3, -0.25) is 9.69 Å². The second kappa shape index (κ2) is 8.28. The number of β-amino-alcohol motifs (C(OH)–C–C–N with tert-alkyl or cyclic N) is 1. The SMILES string of the molecule is CC(O)CN1CCC(CN(C)CC(=O)NC(C)(C#N)C2CC2)CC1. The smallest absolute Gasteiger partial charge is 0.235 e. The minimum absolute atomic E-state index is 0.0556. The van der Waals surface area contributed by atoms with E-state index in [1.165, 1.54) is 0 Å². The number of rotatable bonds is 8. The second-order valence-corrected chi connectivity index (χ2v) is 7.93. The van der Waals surface area contributed by atoms with Crippen molar-refractivity contribution in [2.75, 3.05) is 39.8 Å². The molecule has 2 fully saturated rings. The van der Waals surface area contributed by atoms with Crippen molar-refractivity contribution in [3.8, 4) is 6.07 Å². The van der Waals surface area contributed by atoms with Gasteiger partial charge in [-0.25, -0.2) is 0 Å². The average molecular weight is 336 g/mol. The van der Waals surface area contributed by atoms with Crippen molar-refractivity contribution in [1.29, 1.82) is 5.26 Å². The van der Waals surface area contributed by atoms with Gasteiger partial charge >= 0.3 is 0 Å². The van der Waals surface area contributed by atoms with E-state index >= 15 is 0 Å². The number of likely N-dealkylation sites (tertiary alicyclic amines) is 1. The minimum atomic E-state index is -0.704. The van der Waals surface area contributed by atoms with Gasteiger partial charge < -0.3 is 15.3 Å². The third kappa shape index (κ3) is 5.73. The molecule has 1 saturated heterocycles. The molecule has 2 N–H and O–H groups in total. The van der Waals surface area contributed by atoms with Crippen molar-refractivity contribution >= 4 is 5.91 Å². The molecule has 0 bridgehead atoms. The first kappa shape index (κ1) is 19.2. The largest absolute Gasteiger partial charge is 0.392 e. The van der Waals surface area contributed by atoms with Gasteiger partial charge in [-0.2, -0.15) is 5.26 Å². The molecule has 2 aliphatic rings. The summed E-state index contributed by atoms with van der Waals surface area (Å²) in [5.41, 5.74) is -0.704. The van der Waals surface area contributed by atoms with Crippen LogP contribution >= 0.6 is 0 Å². The summed E-state index contributed by atoms with van der Waals surface area (Å²) in [5.74, 6) is 0.855. The molecule has 136 valence electrons. The van der Waals surface area contributed by atoms with Gasteiger partial charge in [0.2, 0.25) is 5.91 Å². The number of hydrogen-bond donors (Lipinski definition) is 2. The van der Waals surface area contributed by atoms with Crippen LogP contribution in [-0.2, 0) is 4.79 Å². The molecule has 1 saturated carbocycles. The predicted molar refractivity (Wildman–Crippen MR) is 93.2 cm³/mol. The Kier molecular flexibility index (Phi) is 6.62. The number of carbonyl (C=O) groups excluding carboxylic acids is 1. The van der Waals surface area contributed by atoms with Crippen LogP contribution < -0.4 is 5.32 Å². The van der Waals surface area contributed by atoms with Crippen LogP contribution in [0.5, 0.6) is 0 Å². The number of aliphatic hydroxyl groups excluding tert-OH is 1. The van der Waals surface area contributed by atoms with Crippen LogP contribution in [0, 0.1) is 23.2 Å². The number of likely N-dealkylation sites (N-methyl/N-ethyl adjacent to an activating group) is 1. The lowest BCUT2D eigenvalue weighted by atomic mass is 9.96. The summed E-state index contributed by atoms with van der Waals surface area (Å²) < 4.78 is 0. The van der Waals surface area contributed by atoms with Crippen LogP contribution in [0.1, 0.15) is 39.5 Å². The van der Waals surface area contributed by atoms with E-state index in [2.05, 4.69) is 21.2 Å². The molecule has 2 atom stereocenters. The molecule has 6 heteroatoms. The Labute approximate surface area is 145 Å². The number of aliphatic hydroxyl groups is 1. The summed E-state index contributed by atoms with van der Waals surface area (Å²) >= 11 is 0. The molecule has 1 heterocycles. The van der Waals surface area contributed by atoms with Crippen molar-refractivity contribution in [2.24, 2.45) is 11.8 Å². The van der Waals surface area contributed by atoms with E-state index in [9.17, 15) is 15.2 Å². The Hall–Kier alpha value is -1.16. The minimum Gasteiger partial charge on any atom is -0.392 e. The van der Waals surface area contributed by atoms with E-state index < -0.39 is 5.54 Å². The molecule has 2 unspecified atom stereocenters. The zero-order chi connectivity index (χ0) is 17.7. The fourth-order valence-corrected chi connectivity index (χ4v) is 3.69. The van der Waals surface area contributed by atoms with Crippen molar-refractivity contribution in [1.82, 2.24) is 15.1 Å². The highest BCUT2D eigenvalue weighted by Crippen LogP contribution is 2.39. The van der Waals surface area contributed by atoms with Gasteiger partial charge in [0, 0.05) is 13.1 Å². The summed E-state index contributed by atoms with van der Waals surface area (Å²) in [7, 11) is 1.97. The van der Waals surface area contributed by atoms with E-state index in [1.54, 1.807) is 0 Å². The van der Waals surface area contributed by atoms with E-state index in [1.807, 2.05) is 20.9 Å². The molecule has 2 rings (SSSR count). The van der Waals surface area contributed by atoms with Crippen molar-refractivity contribution in [3.63, 3.8) is 0 Å². The Morgan fingerprint density at radius 1 is 1.42 bits per heavy atom. The topological polar surface area (TPSA) is 79.6 Å². The zero-order valence-electron chi connectivity index (χ0n) is 15.3. The number of nitrogens with zero attached hydrogens (tertiary/aromatic N) is 3. The quantitative estimate of drug-likeness (QED) is 0.686. The molecular formula is C18H32N4O2. The monoisotopic (exact) mass is 336 g/mol. The zero-order valence-corrected chi connectivity index (χ0v) is 15.3. The summed E-state index contributed by atoms with van der Waals surface area (Å²) in [6.07, 6.45) is 4.01. The Morgan fingerprint density at radius 2 is 2.04 bits per heavy atom. The van der Waals surface area contributed by atoms with Gasteiger partial charge in [-0.15, -0.1) is 0 Å². The lowest BCUT2D eigenvalue weighted by Gasteiger charge is -2.34. The van der Waals surface area contributed by atoms with Crippen LogP contribution in [0.3, 0.4) is 0 Å². The van der Waals surface area contributed by atoms with Crippen LogP contribution in [0.15, 0.2) is 0 Å². The summed E-state index contributed by atoms with van der Waals surface area (Å²) in [4.78, 5) is 16.6. The number of carbonyl (C=O) groups is 1. The van der Waals surface area contributed by atoms with E-state index in [0.717, 1.165) is 51.9 Å². The first-order chi connectivity index (χ1) is 11.3. The fourth-order valence-electron chi connectivity index (χ4n) is 3.69. The maximum Gasteiger partial charge on any atom is 0.235 e. The Morgan fingerprint density at radius 3 is 2.54 bits per heavy atom. The van der Waals surface area contributed by atoms with Gasteiger partial charge in [-0.05, 0) is 71.5 Å². The van der Waals surface area contributed by atoms with Gasteiger partial charge in [0.25, 0.3) is 0 Å².